The Balaban J connectivity index is 1.72. The first-order chi connectivity index (χ1) is 11.5. The molecule has 2 amide bonds. The van der Waals surface area contributed by atoms with E-state index in [-0.39, 0.29) is 11.8 Å². The average molecular weight is 340 g/mol. The van der Waals surface area contributed by atoms with Gasteiger partial charge in [-0.3, -0.25) is 9.59 Å². The zero-order valence-corrected chi connectivity index (χ0v) is 14.1. The highest BCUT2D eigenvalue weighted by molar-refractivity contribution is 7.12. The number of rotatable bonds is 4. The first-order valence-electron chi connectivity index (χ1n) is 7.36. The lowest BCUT2D eigenvalue weighted by Gasteiger charge is -2.08. The minimum Gasteiger partial charge on any atom is -0.466 e. The van der Waals surface area contributed by atoms with Crippen molar-refractivity contribution in [1.29, 1.82) is 0 Å². The molecule has 0 bridgehead atoms. The van der Waals surface area contributed by atoms with Crippen LogP contribution in [0.15, 0.2) is 52.3 Å². The van der Waals surface area contributed by atoms with Crippen LogP contribution in [0.1, 0.15) is 31.6 Å². The van der Waals surface area contributed by atoms with E-state index in [2.05, 4.69) is 10.6 Å². The number of hydrogen-bond acceptors (Lipinski definition) is 4. The van der Waals surface area contributed by atoms with Gasteiger partial charge in [-0.1, -0.05) is 12.1 Å². The Morgan fingerprint density at radius 1 is 0.958 bits per heavy atom. The highest BCUT2D eigenvalue weighted by Gasteiger charge is 2.14. The number of nitrogens with one attached hydrogen (secondary N) is 2. The molecular formula is C18H16N2O3S. The molecule has 6 heteroatoms. The lowest BCUT2D eigenvalue weighted by atomic mass is 10.2. The van der Waals surface area contributed by atoms with Crippen molar-refractivity contribution in [3.63, 3.8) is 0 Å². The zero-order valence-electron chi connectivity index (χ0n) is 13.3. The Kier molecular flexibility index (Phi) is 4.48. The van der Waals surface area contributed by atoms with Crippen LogP contribution >= 0.6 is 11.3 Å². The van der Waals surface area contributed by atoms with Crippen molar-refractivity contribution >= 4 is 34.5 Å². The third-order valence-electron chi connectivity index (χ3n) is 3.41. The third-order valence-corrected chi connectivity index (χ3v) is 4.28. The van der Waals surface area contributed by atoms with E-state index in [0.29, 0.717) is 33.3 Å². The largest absolute Gasteiger partial charge is 0.466 e. The Morgan fingerprint density at radius 3 is 2.25 bits per heavy atom. The van der Waals surface area contributed by atoms with Crippen molar-refractivity contribution in [3.8, 4) is 0 Å². The molecule has 0 fully saturated rings. The van der Waals surface area contributed by atoms with Crippen LogP contribution in [0.25, 0.3) is 0 Å². The van der Waals surface area contributed by atoms with Gasteiger partial charge in [-0.25, -0.2) is 0 Å². The molecule has 0 spiro atoms. The first kappa shape index (κ1) is 16.0. The summed E-state index contributed by atoms with van der Waals surface area (Å²) in [5.74, 6) is 0.850. The number of anilines is 2. The second kappa shape index (κ2) is 6.72. The third kappa shape index (κ3) is 3.55. The highest BCUT2D eigenvalue weighted by Crippen LogP contribution is 2.20. The summed E-state index contributed by atoms with van der Waals surface area (Å²) < 4.78 is 5.37. The van der Waals surface area contributed by atoms with Gasteiger partial charge in [0, 0.05) is 11.4 Å². The summed E-state index contributed by atoms with van der Waals surface area (Å²) >= 11 is 1.37. The molecule has 0 unspecified atom stereocenters. The van der Waals surface area contributed by atoms with E-state index < -0.39 is 0 Å². The fourth-order valence-corrected chi connectivity index (χ4v) is 2.95. The van der Waals surface area contributed by atoms with Gasteiger partial charge in [-0.05, 0) is 49.6 Å². The maximum absolute atomic E-state index is 12.3. The van der Waals surface area contributed by atoms with Crippen molar-refractivity contribution < 1.29 is 14.0 Å². The molecule has 122 valence electrons. The molecule has 0 saturated heterocycles. The SMILES string of the molecule is Cc1cc(C(=O)Nc2cccc(NC(=O)c3cccs3)c2)c(C)o1. The van der Waals surface area contributed by atoms with Crippen LogP contribution in [0.4, 0.5) is 11.4 Å². The summed E-state index contributed by atoms with van der Waals surface area (Å²) in [7, 11) is 0. The molecule has 2 aromatic heterocycles. The molecule has 0 radical (unpaired) electrons. The number of carbonyl (C=O) groups excluding carboxylic acids is 2. The second-order valence-electron chi connectivity index (χ2n) is 5.29. The maximum Gasteiger partial charge on any atom is 0.265 e. The summed E-state index contributed by atoms with van der Waals surface area (Å²) in [6.07, 6.45) is 0. The van der Waals surface area contributed by atoms with E-state index in [4.69, 9.17) is 4.42 Å². The van der Waals surface area contributed by atoms with Crippen LogP contribution in [-0.2, 0) is 0 Å². The molecule has 2 N–H and O–H groups in total. The molecule has 0 aliphatic rings. The highest BCUT2D eigenvalue weighted by atomic mass is 32.1. The molecular weight excluding hydrogens is 324 g/mol. The van der Waals surface area contributed by atoms with Crippen molar-refractivity contribution in [2.75, 3.05) is 10.6 Å². The fraction of sp³-hybridized carbons (Fsp3) is 0.111. The smallest absolute Gasteiger partial charge is 0.265 e. The molecule has 0 aliphatic carbocycles. The maximum atomic E-state index is 12.3. The van der Waals surface area contributed by atoms with Crippen LogP contribution in [0.5, 0.6) is 0 Å². The van der Waals surface area contributed by atoms with E-state index in [1.807, 2.05) is 11.4 Å². The Labute approximate surface area is 143 Å². The molecule has 5 nitrogen and oxygen atoms in total. The molecule has 0 atom stereocenters. The summed E-state index contributed by atoms with van der Waals surface area (Å²) in [4.78, 5) is 25.0. The number of hydrogen-bond donors (Lipinski definition) is 2. The first-order valence-corrected chi connectivity index (χ1v) is 8.24. The number of furan rings is 1. The lowest BCUT2D eigenvalue weighted by Crippen LogP contribution is -2.13. The predicted molar refractivity (Wildman–Crippen MR) is 94.8 cm³/mol. The summed E-state index contributed by atoms with van der Waals surface area (Å²) in [6.45, 7) is 3.55. The van der Waals surface area contributed by atoms with Crippen LogP contribution in [-0.4, -0.2) is 11.8 Å². The molecule has 0 saturated carbocycles. The lowest BCUT2D eigenvalue weighted by molar-refractivity contribution is 0.102. The predicted octanol–water partition coefficient (Wildman–Crippen LogP) is 4.46. The van der Waals surface area contributed by atoms with Crippen LogP contribution in [0, 0.1) is 13.8 Å². The molecule has 3 rings (SSSR count). The van der Waals surface area contributed by atoms with Gasteiger partial charge < -0.3 is 15.1 Å². The quantitative estimate of drug-likeness (QED) is 0.736. The van der Waals surface area contributed by atoms with Crippen LogP contribution < -0.4 is 10.6 Å². The standard InChI is InChI=1S/C18H16N2O3S/c1-11-9-15(12(2)23-11)17(21)19-13-5-3-6-14(10-13)20-18(22)16-7-4-8-24-16/h3-10H,1-2H3,(H,19,21)(H,20,22). The van der Waals surface area contributed by atoms with Gasteiger partial charge in [0.1, 0.15) is 11.5 Å². The van der Waals surface area contributed by atoms with Crippen LogP contribution in [0.2, 0.25) is 0 Å². The van der Waals surface area contributed by atoms with Gasteiger partial charge >= 0.3 is 0 Å². The molecule has 1 aromatic carbocycles. The van der Waals surface area contributed by atoms with E-state index in [1.165, 1.54) is 11.3 Å². The Hall–Kier alpha value is -2.86. The van der Waals surface area contributed by atoms with Gasteiger partial charge in [0.25, 0.3) is 11.8 Å². The van der Waals surface area contributed by atoms with E-state index in [9.17, 15) is 9.59 Å². The number of amides is 2. The molecule has 3 aromatic rings. The Morgan fingerprint density at radius 2 is 1.67 bits per heavy atom. The van der Waals surface area contributed by atoms with Gasteiger partial charge in [-0.2, -0.15) is 0 Å². The van der Waals surface area contributed by atoms with E-state index in [0.717, 1.165) is 0 Å². The van der Waals surface area contributed by atoms with Crippen molar-refractivity contribution in [3.05, 3.63) is 69.8 Å². The minimum absolute atomic E-state index is 0.171. The fourth-order valence-electron chi connectivity index (χ4n) is 2.33. The number of benzene rings is 1. The summed E-state index contributed by atoms with van der Waals surface area (Å²) in [6, 6.07) is 12.3. The van der Waals surface area contributed by atoms with E-state index in [1.54, 1.807) is 50.2 Å². The van der Waals surface area contributed by atoms with Gasteiger partial charge in [-0.15, -0.1) is 11.3 Å². The van der Waals surface area contributed by atoms with Crippen LogP contribution in [0.3, 0.4) is 0 Å². The molecule has 0 aliphatic heterocycles. The number of thiophene rings is 1. The Bertz CT molecular complexity index is 882. The van der Waals surface area contributed by atoms with Crippen molar-refractivity contribution in [2.45, 2.75) is 13.8 Å². The van der Waals surface area contributed by atoms with Gasteiger partial charge in [0.05, 0.1) is 10.4 Å². The van der Waals surface area contributed by atoms with Gasteiger partial charge in [0.2, 0.25) is 0 Å². The van der Waals surface area contributed by atoms with Crippen molar-refractivity contribution in [2.24, 2.45) is 0 Å². The zero-order chi connectivity index (χ0) is 17.1. The monoisotopic (exact) mass is 340 g/mol. The summed E-state index contributed by atoms with van der Waals surface area (Å²) in [5.41, 5.74) is 1.72. The topological polar surface area (TPSA) is 71.3 Å². The number of carbonyl (C=O) groups is 2. The summed E-state index contributed by atoms with van der Waals surface area (Å²) in [5, 5.41) is 7.48. The molecule has 24 heavy (non-hydrogen) atoms. The average Bonchev–Trinajstić information content (AvgIpc) is 3.17. The van der Waals surface area contributed by atoms with Crippen molar-refractivity contribution in [1.82, 2.24) is 0 Å². The number of aryl methyl sites for hydroxylation is 2. The minimum atomic E-state index is -0.244. The normalized spacial score (nSPS) is 10.4. The van der Waals surface area contributed by atoms with E-state index >= 15 is 0 Å². The van der Waals surface area contributed by atoms with Gasteiger partial charge in [0.15, 0.2) is 0 Å². The molecule has 2 heterocycles. The second-order valence-corrected chi connectivity index (χ2v) is 6.24.